The number of hydrogen-bond acceptors (Lipinski definition) is 4. The Bertz CT molecular complexity index is 1080. The van der Waals surface area contributed by atoms with Crippen LogP contribution in [0.25, 0.3) is 10.9 Å². The van der Waals surface area contributed by atoms with Gasteiger partial charge in [0.15, 0.2) is 0 Å². The van der Waals surface area contributed by atoms with Crippen LogP contribution in [-0.4, -0.2) is 41.8 Å². The second kappa shape index (κ2) is 12.0. The molecular weight excluding hydrogens is 516 g/mol. The van der Waals surface area contributed by atoms with Gasteiger partial charge in [-0.3, -0.25) is 0 Å². The molecule has 2 aromatic carbocycles. The second-order valence-corrected chi connectivity index (χ2v) is 9.57. The zero-order valence-corrected chi connectivity index (χ0v) is 22.0. The van der Waals surface area contributed by atoms with Gasteiger partial charge in [-0.1, -0.05) is 17.7 Å². The number of aromatic hydroxyl groups is 1. The number of nitrogens with zero attached hydrogens (tertiary/aromatic N) is 1. The van der Waals surface area contributed by atoms with E-state index in [9.17, 15) is 9.90 Å². The number of phenols is 1. The predicted octanol–water partition coefficient (Wildman–Crippen LogP) is 0.248. The molecular formula is C23H30BrClN2O4S. The summed E-state index contributed by atoms with van der Waals surface area (Å²) in [5, 5.41) is 11.6. The molecule has 0 aliphatic carbocycles. The van der Waals surface area contributed by atoms with Crippen LogP contribution in [0.5, 0.6) is 5.75 Å². The number of carbonyl (C=O) groups is 1. The number of carbonyl (C=O) groups excluding carboxylic acids is 1. The van der Waals surface area contributed by atoms with Crippen molar-refractivity contribution in [2.24, 2.45) is 7.05 Å². The third-order valence-electron chi connectivity index (χ3n) is 5.04. The van der Waals surface area contributed by atoms with E-state index in [0.717, 1.165) is 32.0 Å². The molecule has 0 radical (unpaired) electrons. The number of phenolic OH excluding ortho intramolecular Hbond substituents is 1. The maximum atomic E-state index is 13.0. The van der Waals surface area contributed by atoms with Crippen molar-refractivity contribution in [3.63, 3.8) is 0 Å². The van der Waals surface area contributed by atoms with Crippen LogP contribution in [-0.2, 0) is 24.1 Å². The molecule has 32 heavy (non-hydrogen) atoms. The molecule has 0 saturated carbocycles. The fourth-order valence-electron chi connectivity index (χ4n) is 3.58. The summed E-state index contributed by atoms with van der Waals surface area (Å²) in [6.45, 7) is 4.76. The minimum absolute atomic E-state index is 0. The number of esters is 1. The van der Waals surface area contributed by atoms with E-state index in [1.165, 1.54) is 5.56 Å². The zero-order chi connectivity index (χ0) is 22.0. The molecule has 9 heteroatoms. The number of ether oxygens (including phenoxy) is 1. The fourth-order valence-corrected chi connectivity index (χ4v) is 5.01. The summed E-state index contributed by atoms with van der Waals surface area (Å²) in [5.41, 5.74) is 4.31. The van der Waals surface area contributed by atoms with Crippen molar-refractivity contribution >= 4 is 44.6 Å². The van der Waals surface area contributed by atoms with Gasteiger partial charge in [0.2, 0.25) is 0 Å². The van der Waals surface area contributed by atoms with Crippen molar-refractivity contribution in [3.8, 4) is 5.75 Å². The van der Waals surface area contributed by atoms with Crippen molar-refractivity contribution in [1.29, 1.82) is 0 Å². The van der Waals surface area contributed by atoms with Gasteiger partial charge in [-0.25, -0.2) is 4.79 Å². The van der Waals surface area contributed by atoms with Crippen LogP contribution in [0.2, 0.25) is 0 Å². The standard InChI is InChI=1S/C23H27BrN2O3S.ClH.H2O/c1-6-29-23(28)21-19(13-30-15-9-7-14(2)8-10-15)26(5)18-11-17(24)22(27)16(20(18)21)12-25(3)4;;/h7-11,27H,6,12-13H2,1-5H3;1H;1H2. The average molecular weight is 546 g/mol. The Balaban J connectivity index is 0.00000256. The van der Waals surface area contributed by atoms with Crippen molar-refractivity contribution < 1.29 is 37.4 Å². The molecule has 0 aliphatic heterocycles. The van der Waals surface area contributed by atoms with Crippen LogP contribution in [0.15, 0.2) is 39.7 Å². The summed E-state index contributed by atoms with van der Waals surface area (Å²) >= 11 is 5.16. The van der Waals surface area contributed by atoms with Gasteiger partial charge in [0, 0.05) is 28.8 Å². The van der Waals surface area contributed by atoms with Gasteiger partial charge < -0.3 is 37.2 Å². The van der Waals surface area contributed by atoms with Crippen molar-refractivity contribution in [2.45, 2.75) is 31.0 Å². The van der Waals surface area contributed by atoms with Crippen molar-refractivity contribution in [3.05, 3.63) is 57.2 Å². The van der Waals surface area contributed by atoms with E-state index in [2.05, 4.69) is 47.1 Å². The number of rotatable bonds is 7. The maximum absolute atomic E-state index is 13.0. The third kappa shape index (κ3) is 5.80. The first-order valence-corrected chi connectivity index (χ1v) is 11.7. The quantitative estimate of drug-likeness (QED) is 0.329. The normalized spacial score (nSPS) is 10.7. The van der Waals surface area contributed by atoms with Gasteiger partial charge in [-0.2, -0.15) is 0 Å². The van der Waals surface area contributed by atoms with Crippen LogP contribution in [0.1, 0.15) is 34.1 Å². The molecule has 0 atom stereocenters. The SMILES string of the molecule is CCOC(=O)c1c(CSc2ccc(C)cc2)n(C)c2cc(Br)c(O)c(C[NH+](C)C)c12.O.[Cl-]. The topological polar surface area (TPSA) is 87.4 Å². The number of fused-ring (bicyclic) bond motifs is 1. The number of aromatic nitrogens is 1. The monoisotopic (exact) mass is 544 g/mol. The highest BCUT2D eigenvalue weighted by atomic mass is 79.9. The molecule has 1 heterocycles. The predicted molar refractivity (Wildman–Crippen MR) is 129 cm³/mol. The molecule has 0 amide bonds. The Labute approximate surface area is 207 Å². The Morgan fingerprint density at radius 2 is 1.88 bits per heavy atom. The fraction of sp³-hybridized carbons (Fsp3) is 0.348. The van der Waals surface area contributed by atoms with Gasteiger partial charge >= 0.3 is 5.97 Å². The molecule has 0 unspecified atom stereocenters. The third-order valence-corrected chi connectivity index (χ3v) is 6.67. The summed E-state index contributed by atoms with van der Waals surface area (Å²) in [7, 11) is 6.01. The van der Waals surface area contributed by atoms with Crippen molar-refractivity contribution in [2.75, 3.05) is 20.7 Å². The highest BCUT2D eigenvalue weighted by Gasteiger charge is 2.28. The zero-order valence-electron chi connectivity index (χ0n) is 18.9. The number of thioether (sulfide) groups is 1. The average Bonchev–Trinajstić information content (AvgIpc) is 2.96. The smallest absolute Gasteiger partial charge is 0.340 e. The number of quaternary nitrogens is 1. The van der Waals surface area contributed by atoms with Gasteiger partial charge in [0.25, 0.3) is 0 Å². The lowest BCUT2D eigenvalue weighted by Gasteiger charge is -2.13. The number of halogens is 2. The highest BCUT2D eigenvalue weighted by molar-refractivity contribution is 9.10. The number of hydrogen-bond donors (Lipinski definition) is 2. The van der Waals surface area contributed by atoms with E-state index in [1.54, 1.807) is 11.8 Å². The second-order valence-electron chi connectivity index (χ2n) is 7.67. The first kappa shape index (κ1) is 28.3. The molecule has 3 rings (SSSR count). The molecule has 0 saturated heterocycles. The summed E-state index contributed by atoms with van der Waals surface area (Å²) in [5.74, 6) is 0.451. The maximum Gasteiger partial charge on any atom is 0.340 e. The number of nitrogens with one attached hydrogen (secondary N) is 1. The van der Waals surface area contributed by atoms with Crippen LogP contribution < -0.4 is 17.3 Å². The van der Waals surface area contributed by atoms with E-state index >= 15 is 0 Å². The van der Waals surface area contributed by atoms with Crippen molar-refractivity contribution in [1.82, 2.24) is 4.57 Å². The minimum atomic E-state index is -0.348. The molecule has 0 aliphatic rings. The van der Waals surface area contributed by atoms with Gasteiger partial charge in [0.05, 0.1) is 41.8 Å². The summed E-state index contributed by atoms with van der Waals surface area (Å²) in [6, 6.07) is 10.2. The Morgan fingerprint density at radius 1 is 1.25 bits per heavy atom. The first-order valence-electron chi connectivity index (χ1n) is 9.91. The molecule has 1 aromatic heterocycles. The molecule has 6 nitrogen and oxygen atoms in total. The molecule has 4 N–H and O–H groups in total. The Hall–Kier alpha value is -1.71. The van der Waals surface area contributed by atoms with E-state index in [0.29, 0.717) is 28.9 Å². The molecule has 3 aromatic rings. The van der Waals surface area contributed by atoms with E-state index < -0.39 is 0 Å². The minimum Gasteiger partial charge on any atom is -1.00 e. The van der Waals surface area contributed by atoms with Crippen LogP contribution in [0.3, 0.4) is 0 Å². The lowest BCUT2D eigenvalue weighted by Crippen LogP contribution is -3.04. The first-order chi connectivity index (χ1) is 14.2. The number of aryl methyl sites for hydroxylation is 2. The van der Waals surface area contributed by atoms with Crippen LogP contribution in [0.4, 0.5) is 0 Å². The Morgan fingerprint density at radius 3 is 2.44 bits per heavy atom. The van der Waals surface area contributed by atoms with Gasteiger partial charge in [-0.05, 0) is 48.0 Å². The van der Waals surface area contributed by atoms with E-state index in [4.69, 9.17) is 4.74 Å². The summed E-state index contributed by atoms with van der Waals surface area (Å²) < 4.78 is 8.09. The van der Waals surface area contributed by atoms with Gasteiger partial charge in [-0.15, -0.1) is 11.8 Å². The molecule has 0 fully saturated rings. The largest absolute Gasteiger partial charge is 1.00 e. The van der Waals surface area contributed by atoms with Crippen LogP contribution >= 0.6 is 27.7 Å². The lowest BCUT2D eigenvalue weighted by molar-refractivity contribution is -0.872. The van der Waals surface area contributed by atoms with Crippen LogP contribution in [0, 0.1) is 6.92 Å². The van der Waals surface area contributed by atoms with E-state index in [1.807, 2.05) is 38.7 Å². The van der Waals surface area contributed by atoms with E-state index in [-0.39, 0.29) is 29.6 Å². The van der Waals surface area contributed by atoms with Gasteiger partial charge in [0.1, 0.15) is 12.3 Å². The molecule has 176 valence electrons. The highest BCUT2D eigenvalue weighted by Crippen LogP contribution is 2.40. The lowest BCUT2D eigenvalue weighted by atomic mass is 10.0. The molecule has 0 spiro atoms. The summed E-state index contributed by atoms with van der Waals surface area (Å²) in [4.78, 5) is 15.3. The Kier molecular flexibility index (Phi) is 10.6. The number of benzene rings is 2. The molecule has 0 bridgehead atoms. The summed E-state index contributed by atoms with van der Waals surface area (Å²) in [6.07, 6.45) is 0.